The number of fused-ring (bicyclic) bond motifs is 1. The predicted molar refractivity (Wildman–Crippen MR) is 108 cm³/mol. The number of nitrogens with one attached hydrogen (secondary N) is 1. The zero-order chi connectivity index (χ0) is 19.7. The zero-order valence-electron chi connectivity index (χ0n) is 17.1. The number of hydrogen-bond donors (Lipinski definition) is 1. The summed E-state index contributed by atoms with van der Waals surface area (Å²) in [4.78, 5) is 26.9. The van der Waals surface area contributed by atoms with Gasteiger partial charge in [0.2, 0.25) is 11.8 Å². The quantitative estimate of drug-likeness (QED) is 0.843. The molecule has 1 saturated heterocycles. The molecule has 4 rings (SSSR count). The van der Waals surface area contributed by atoms with Crippen LogP contribution in [0.15, 0.2) is 24.3 Å². The van der Waals surface area contributed by atoms with Gasteiger partial charge in [0.1, 0.15) is 11.4 Å². The minimum absolute atomic E-state index is 0.156. The highest BCUT2D eigenvalue weighted by atomic mass is 16.5. The Bertz CT molecular complexity index is 733. The number of para-hydroxylation sites is 1. The maximum absolute atomic E-state index is 12.5. The van der Waals surface area contributed by atoms with E-state index in [0.717, 1.165) is 56.5 Å². The summed E-state index contributed by atoms with van der Waals surface area (Å²) in [5.74, 6) is 1.89. The molecule has 1 spiro atoms. The lowest BCUT2D eigenvalue weighted by Gasteiger charge is -2.47. The second kappa shape index (κ2) is 7.76. The van der Waals surface area contributed by atoms with Crippen LogP contribution in [0.1, 0.15) is 70.3 Å². The molecule has 0 radical (unpaired) electrons. The summed E-state index contributed by atoms with van der Waals surface area (Å²) >= 11 is 0. The van der Waals surface area contributed by atoms with E-state index < -0.39 is 0 Å². The molecule has 2 aliphatic heterocycles. The van der Waals surface area contributed by atoms with E-state index >= 15 is 0 Å². The minimum atomic E-state index is -0.256. The average Bonchev–Trinajstić information content (AvgIpc) is 3.45. The lowest BCUT2D eigenvalue weighted by molar-refractivity contribution is -0.136. The second-order valence-electron chi connectivity index (χ2n) is 9.25. The second-order valence-corrected chi connectivity index (χ2v) is 9.25. The Morgan fingerprint density at radius 2 is 1.93 bits per heavy atom. The Kier molecular flexibility index (Phi) is 5.35. The first-order valence-electron chi connectivity index (χ1n) is 10.8. The fourth-order valence-electron chi connectivity index (χ4n) is 4.61. The molecule has 0 aromatic heterocycles. The highest BCUT2D eigenvalue weighted by Crippen LogP contribution is 2.46. The Morgan fingerprint density at radius 3 is 2.61 bits per heavy atom. The number of likely N-dealkylation sites (tertiary alicyclic amines) is 1. The Labute approximate surface area is 167 Å². The molecule has 1 aromatic rings. The van der Waals surface area contributed by atoms with Gasteiger partial charge in [0.05, 0.1) is 0 Å². The number of amides is 2. The molecular formula is C23H32N2O3. The van der Waals surface area contributed by atoms with E-state index in [1.165, 1.54) is 0 Å². The topological polar surface area (TPSA) is 58.6 Å². The van der Waals surface area contributed by atoms with Crippen molar-refractivity contribution in [2.24, 2.45) is 5.92 Å². The Balaban J connectivity index is 1.45. The van der Waals surface area contributed by atoms with E-state index in [1.54, 1.807) is 0 Å². The molecule has 5 nitrogen and oxygen atoms in total. The first kappa shape index (κ1) is 19.3. The van der Waals surface area contributed by atoms with E-state index in [0.29, 0.717) is 24.8 Å². The molecule has 1 atom stereocenters. The number of hydrogen-bond acceptors (Lipinski definition) is 3. The molecule has 152 valence electrons. The predicted octanol–water partition coefficient (Wildman–Crippen LogP) is 3.63. The lowest BCUT2D eigenvalue weighted by Crippen LogP contribution is -2.52. The molecule has 2 amide bonds. The summed E-state index contributed by atoms with van der Waals surface area (Å²) in [5.41, 5.74) is 0.894. The number of rotatable bonds is 5. The Hall–Kier alpha value is -2.04. The van der Waals surface area contributed by atoms with Gasteiger partial charge in [-0.2, -0.15) is 0 Å². The van der Waals surface area contributed by atoms with Crippen molar-refractivity contribution in [3.63, 3.8) is 0 Å². The normalized spacial score (nSPS) is 23.2. The van der Waals surface area contributed by atoms with Gasteiger partial charge in [0, 0.05) is 50.7 Å². The molecule has 1 aromatic carbocycles. The maximum Gasteiger partial charge on any atom is 0.222 e. The van der Waals surface area contributed by atoms with Crippen molar-refractivity contribution in [3.8, 4) is 5.75 Å². The highest BCUT2D eigenvalue weighted by Gasteiger charge is 2.44. The van der Waals surface area contributed by atoms with E-state index in [2.05, 4.69) is 25.2 Å². The number of nitrogens with zero attached hydrogens (tertiary/aromatic N) is 1. The third-order valence-corrected chi connectivity index (χ3v) is 6.29. The van der Waals surface area contributed by atoms with Crippen LogP contribution in [-0.4, -0.2) is 41.4 Å². The first-order valence-corrected chi connectivity index (χ1v) is 10.8. The van der Waals surface area contributed by atoms with Gasteiger partial charge in [0.25, 0.3) is 0 Å². The third-order valence-electron chi connectivity index (χ3n) is 6.29. The molecular weight excluding hydrogens is 352 g/mol. The van der Waals surface area contributed by atoms with Crippen molar-refractivity contribution in [3.05, 3.63) is 29.8 Å². The van der Waals surface area contributed by atoms with Crippen molar-refractivity contribution in [2.45, 2.75) is 76.4 Å². The third kappa shape index (κ3) is 4.34. The van der Waals surface area contributed by atoms with Gasteiger partial charge in [-0.05, 0) is 36.8 Å². The summed E-state index contributed by atoms with van der Waals surface area (Å²) in [6, 6.07) is 8.54. The zero-order valence-corrected chi connectivity index (χ0v) is 17.1. The van der Waals surface area contributed by atoms with Gasteiger partial charge >= 0.3 is 0 Å². The standard InChI is InChI=1S/C23H32N2O3/c1-16(2)13-22(27)25-11-9-23(10-12-25)15-17(14-21(26)24-18-7-8-18)19-5-3-4-6-20(19)28-23/h3-6,16-18H,7-15H2,1-2H3,(H,24,26)/t17-/m1/s1. The number of carbonyl (C=O) groups is 2. The van der Waals surface area contributed by atoms with E-state index in [4.69, 9.17) is 4.74 Å². The summed E-state index contributed by atoms with van der Waals surface area (Å²) in [5, 5.41) is 3.13. The fourth-order valence-corrected chi connectivity index (χ4v) is 4.61. The molecule has 1 saturated carbocycles. The average molecular weight is 385 g/mol. The van der Waals surface area contributed by atoms with Gasteiger partial charge in [0.15, 0.2) is 0 Å². The van der Waals surface area contributed by atoms with Crippen molar-refractivity contribution in [1.29, 1.82) is 0 Å². The molecule has 2 fully saturated rings. The molecule has 2 heterocycles. The molecule has 1 N–H and O–H groups in total. The van der Waals surface area contributed by atoms with Crippen LogP contribution in [0.25, 0.3) is 0 Å². The van der Waals surface area contributed by atoms with Crippen LogP contribution in [0.4, 0.5) is 0 Å². The van der Waals surface area contributed by atoms with Gasteiger partial charge in [-0.1, -0.05) is 32.0 Å². The number of ether oxygens (including phenoxy) is 1. The molecule has 0 bridgehead atoms. The lowest BCUT2D eigenvalue weighted by atomic mass is 9.76. The van der Waals surface area contributed by atoms with E-state index in [-0.39, 0.29) is 23.3 Å². The summed E-state index contributed by atoms with van der Waals surface area (Å²) in [7, 11) is 0. The van der Waals surface area contributed by atoms with Gasteiger partial charge < -0.3 is 15.0 Å². The summed E-state index contributed by atoms with van der Waals surface area (Å²) in [6.45, 7) is 5.66. The van der Waals surface area contributed by atoms with E-state index in [9.17, 15) is 9.59 Å². The fraction of sp³-hybridized carbons (Fsp3) is 0.652. The van der Waals surface area contributed by atoms with Crippen LogP contribution in [0.5, 0.6) is 5.75 Å². The summed E-state index contributed by atoms with van der Waals surface area (Å²) < 4.78 is 6.51. The maximum atomic E-state index is 12.5. The highest BCUT2D eigenvalue weighted by molar-refractivity contribution is 5.78. The van der Waals surface area contributed by atoms with Crippen molar-refractivity contribution < 1.29 is 14.3 Å². The number of carbonyl (C=O) groups excluding carboxylic acids is 2. The van der Waals surface area contributed by atoms with E-state index in [1.807, 2.05) is 23.1 Å². The molecule has 3 aliphatic rings. The van der Waals surface area contributed by atoms with Gasteiger partial charge in [-0.3, -0.25) is 9.59 Å². The van der Waals surface area contributed by atoms with Crippen LogP contribution < -0.4 is 10.1 Å². The van der Waals surface area contributed by atoms with Gasteiger partial charge in [-0.25, -0.2) is 0 Å². The minimum Gasteiger partial charge on any atom is -0.487 e. The SMILES string of the molecule is CC(C)CC(=O)N1CCC2(CC1)C[C@@H](CC(=O)NC1CC1)c1ccccc1O2. The smallest absolute Gasteiger partial charge is 0.222 e. The first-order chi connectivity index (χ1) is 13.4. The molecule has 0 unspecified atom stereocenters. The molecule has 5 heteroatoms. The molecule has 1 aliphatic carbocycles. The van der Waals surface area contributed by atoms with Crippen LogP contribution in [-0.2, 0) is 9.59 Å². The Morgan fingerprint density at radius 1 is 1.21 bits per heavy atom. The summed E-state index contributed by atoms with van der Waals surface area (Å²) in [6.07, 6.45) is 5.89. The van der Waals surface area contributed by atoms with Crippen LogP contribution in [0, 0.1) is 5.92 Å². The number of benzene rings is 1. The van der Waals surface area contributed by atoms with Crippen LogP contribution >= 0.6 is 0 Å². The molecule has 28 heavy (non-hydrogen) atoms. The monoisotopic (exact) mass is 384 g/mol. The number of piperidine rings is 1. The largest absolute Gasteiger partial charge is 0.487 e. The van der Waals surface area contributed by atoms with Crippen molar-refractivity contribution in [1.82, 2.24) is 10.2 Å². The van der Waals surface area contributed by atoms with Crippen molar-refractivity contribution in [2.75, 3.05) is 13.1 Å². The van der Waals surface area contributed by atoms with Crippen LogP contribution in [0.3, 0.4) is 0 Å². The van der Waals surface area contributed by atoms with Gasteiger partial charge in [-0.15, -0.1) is 0 Å². The van der Waals surface area contributed by atoms with Crippen LogP contribution in [0.2, 0.25) is 0 Å². The van der Waals surface area contributed by atoms with Crippen molar-refractivity contribution >= 4 is 11.8 Å².